The van der Waals surface area contributed by atoms with Crippen molar-refractivity contribution in [2.75, 3.05) is 13.2 Å². The average Bonchev–Trinajstić information content (AvgIpc) is 3.29. The Morgan fingerprint density at radius 3 is 1.94 bits per heavy atom. The molecule has 1 aliphatic rings. The predicted molar refractivity (Wildman–Crippen MR) is 73.2 cm³/mol. The number of hydrogen-bond donors (Lipinski definition) is 0. The van der Waals surface area contributed by atoms with Crippen molar-refractivity contribution in [3.8, 4) is 11.5 Å². The van der Waals surface area contributed by atoms with Gasteiger partial charge in [0.1, 0.15) is 11.5 Å². The third kappa shape index (κ3) is 4.60. The van der Waals surface area contributed by atoms with Crippen molar-refractivity contribution in [2.24, 2.45) is 0 Å². The lowest BCUT2D eigenvalue weighted by molar-refractivity contribution is 0.475. The van der Waals surface area contributed by atoms with Crippen LogP contribution in [0.2, 0.25) is 0 Å². The van der Waals surface area contributed by atoms with E-state index in [1.54, 1.807) is 0 Å². The Morgan fingerprint density at radius 2 is 1.44 bits per heavy atom. The summed E-state index contributed by atoms with van der Waals surface area (Å²) >= 11 is 0. The van der Waals surface area contributed by atoms with E-state index in [1.165, 1.54) is 5.56 Å². The molecule has 0 radical (unpaired) electrons. The lowest BCUT2D eigenvalue weighted by atomic mass is 10.2. The van der Waals surface area contributed by atoms with Gasteiger partial charge < -0.3 is 9.47 Å². The molecule has 0 bridgehead atoms. The van der Waals surface area contributed by atoms with Crippen LogP contribution in [0.4, 0.5) is 0 Å². The molecule has 0 unspecified atom stereocenters. The quantitative estimate of drug-likeness (QED) is 0.757. The highest BCUT2D eigenvalue weighted by molar-refractivity contribution is 5.32. The zero-order valence-electron chi connectivity index (χ0n) is 10.6. The number of aryl methyl sites for hydroxylation is 1. The smallest absolute Gasteiger partial charge is 0.127 e. The van der Waals surface area contributed by atoms with Crippen LogP contribution in [-0.2, 0) is 11.2 Å². The zero-order chi connectivity index (χ0) is 12.6. The minimum Gasteiger partial charge on any atom is -0.457 e. The highest BCUT2D eigenvalue weighted by atomic mass is 16.6. The van der Waals surface area contributed by atoms with E-state index in [0.29, 0.717) is 0 Å². The third-order valence-corrected chi connectivity index (χ3v) is 2.51. The summed E-state index contributed by atoms with van der Waals surface area (Å²) < 4.78 is 10.2. The molecule has 0 aromatic heterocycles. The molecule has 0 aliphatic carbocycles. The Kier molecular flexibility index (Phi) is 4.79. The van der Waals surface area contributed by atoms with Crippen LogP contribution in [0.1, 0.15) is 12.5 Å². The summed E-state index contributed by atoms with van der Waals surface area (Å²) in [6.07, 6.45) is 1.06. The number of hydrogen-bond acceptors (Lipinski definition) is 2. The molecule has 2 heteroatoms. The molecule has 2 nitrogen and oxygen atoms in total. The second-order valence-electron chi connectivity index (χ2n) is 4.02. The van der Waals surface area contributed by atoms with E-state index in [-0.39, 0.29) is 0 Å². The van der Waals surface area contributed by atoms with Crippen LogP contribution in [0.25, 0.3) is 0 Å². The number of rotatable bonds is 3. The molecule has 2 aromatic rings. The standard InChI is InChI=1S/C14H14O.C2H4O/c1-2-12-8-10-14(11-9-12)15-13-6-4-3-5-7-13;1-2-3-1/h3-11H,2H2,1H3;1-2H2. The number of epoxide rings is 1. The van der Waals surface area contributed by atoms with Crippen LogP contribution < -0.4 is 4.74 Å². The molecule has 0 spiro atoms. The summed E-state index contributed by atoms with van der Waals surface area (Å²) in [5, 5.41) is 0. The van der Waals surface area contributed by atoms with E-state index in [1.807, 2.05) is 42.5 Å². The SMILES string of the molecule is C1CO1.CCc1ccc(Oc2ccccc2)cc1. The number of para-hydroxylation sites is 1. The molecule has 1 fully saturated rings. The summed E-state index contributed by atoms with van der Waals surface area (Å²) in [7, 11) is 0. The van der Waals surface area contributed by atoms with Crippen LogP contribution in [0.3, 0.4) is 0 Å². The van der Waals surface area contributed by atoms with E-state index < -0.39 is 0 Å². The molecule has 1 heterocycles. The average molecular weight is 242 g/mol. The summed E-state index contributed by atoms with van der Waals surface area (Å²) in [5.41, 5.74) is 1.33. The maximum absolute atomic E-state index is 5.68. The van der Waals surface area contributed by atoms with Crippen molar-refractivity contribution in [2.45, 2.75) is 13.3 Å². The molecule has 94 valence electrons. The van der Waals surface area contributed by atoms with Gasteiger partial charge in [-0.05, 0) is 36.2 Å². The van der Waals surface area contributed by atoms with Crippen LogP contribution in [0.5, 0.6) is 11.5 Å². The van der Waals surface area contributed by atoms with Crippen molar-refractivity contribution in [1.29, 1.82) is 0 Å². The Balaban J connectivity index is 0.000000350. The molecule has 0 amide bonds. The first kappa shape index (κ1) is 12.7. The van der Waals surface area contributed by atoms with Crippen molar-refractivity contribution in [3.05, 3.63) is 60.2 Å². The maximum atomic E-state index is 5.68. The van der Waals surface area contributed by atoms with Crippen molar-refractivity contribution < 1.29 is 9.47 Å². The van der Waals surface area contributed by atoms with Gasteiger partial charge in [-0.1, -0.05) is 37.3 Å². The van der Waals surface area contributed by atoms with Gasteiger partial charge in [0.25, 0.3) is 0 Å². The molecular weight excluding hydrogens is 224 g/mol. The first-order valence-electron chi connectivity index (χ1n) is 6.28. The van der Waals surface area contributed by atoms with Crippen LogP contribution in [0.15, 0.2) is 54.6 Å². The molecule has 1 aliphatic heterocycles. The largest absolute Gasteiger partial charge is 0.457 e. The van der Waals surface area contributed by atoms with Gasteiger partial charge in [0.05, 0.1) is 13.2 Å². The van der Waals surface area contributed by atoms with E-state index in [4.69, 9.17) is 4.74 Å². The third-order valence-electron chi connectivity index (χ3n) is 2.51. The van der Waals surface area contributed by atoms with Crippen LogP contribution in [0, 0.1) is 0 Å². The zero-order valence-corrected chi connectivity index (χ0v) is 10.6. The molecule has 0 saturated carbocycles. The predicted octanol–water partition coefficient (Wildman–Crippen LogP) is 4.06. The van der Waals surface area contributed by atoms with E-state index in [0.717, 1.165) is 31.1 Å². The molecule has 0 atom stereocenters. The van der Waals surface area contributed by atoms with Gasteiger partial charge in [-0.3, -0.25) is 0 Å². The molecule has 18 heavy (non-hydrogen) atoms. The minimum absolute atomic E-state index is 0.877. The monoisotopic (exact) mass is 242 g/mol. The summed E-state index contributed by atoms with van der Waals surface area (Å²) in [6.45, 7) is 4.15. The highest BCUT2D eigenvalue weighted by Gasteiger charge is 1.95. The fourth-order valence-corrected chi connectivity index (χ4v) is 1.42. The molecule has 0 N–H and O–H groups in total. The first-order chi connectivity index (χ1) is 8.88. The van der Waals surface area contributed by atoms with Crippen LogP contribution >= 0.6 is 0 Å². The fourth-order valence-electron chi connectivity index (χ4n) is 1.42. The van der Waals surface area contributed by atoms with E-state index >= 15 is 0 Å². The van der Waals surface area contributed by atoms with Gasteiger partial charge in [-0.2, -0.15) is 0 Å². The van der Waals surface area contributed by atoms with Gasteiger partial charge in [0, 0.05) is 0 Å². The molecule has 1 saturated heterocycles. The van der Waals surface area contributed by atoms with Crippen molar-refractivity contribution in [1.82, 2.24) is 0 Å². The van der Waals surface area contributed by atoms with Crippen molar-refractivity contribution in [3.63, 3.8) is 0 Å². The van der Waals surface area contributed by atoms with Gasteiger partial charge in [0.15, 0.2) is 0 Å². The van der Waals surface area contributed by atoms with E-state index in [9.17, 15) is 0 Å². The van der Waals surface area contributed by atoms with Gasteiger partial charge in [-0.15, -0.1) is 0 Å². The summed E-state index contributed by atoms with van der Waals surface area (Å²) in [4.78, 5) is 0. The summed E-state index contributed by atoms with van der Waals surface area (Å²) in [5.74, 6) is 1.76. The Labute approximate surface area is 108 Å². The van der Waals surface area contributed by atoms with E-state index in [2.05, 4.69) is 23.8 Å². The minimum atomic E-state index is 0.877. The number of ether oxygens (including phenoxy) is 2. The second-order valence-corrected chi connectivity index (χ2v) is 4.02. The topological polar surface area (TPSA) is 21.8 Å². The Morgan fingerprint density at radius 1 is 0.889 bits per heavy atom. The van der Waals surface area contributed by atoms with Crippen molar-refractivity contribution >= 4 is 0 Å². The van der Waals surface area contributed by atoms with Gasteiger partial charge in [-0.25, -0.2) is 0 Å². The fraction of sp³-hybridized carbons (Fsp3) is 0.250. The molecular formula is C16H18O2. The second kappa shape index (κ2) is 6.82. The Hall–Kier alpha value is -1.80. The Bertz CT molecular complexity index is 444. The maximum Gasteiger partial charge on any atom is 0.127 e. The molecule has 2 aromatic carbocycles. The molecule has 3 rings (SSSR count). The lowest BCUT2D eigenvalue weighted by Crippen LogP contribution is -1.84. The van der Waals surface area contributed by atoms with Gasteiger partial charge >= 0.3 is 0 Å². The first-order valence-corrected chi connectivity index (χ1v) is 6.28. The normalized spacial score (nSPS) is 12.3. The lowest BCUT2D eigenvalue weighted by Gasteiger charge is -2.05. The van der Waals surface area contributed by atoms with Crippen LogP contribution in [-0.4, -0.2) is 13.2 Å². The number of benzene rings is 2. The highest BCUT2D eigenvalue weighted by Crippen LogP contribution is 2.20. The summed E-state index contributed by atoms with van der Waals surface area (Å²) in [6, 6.07) is 18.0. The van der Waals surface area contributed by atoms with Gasteiger partial charge in [0.2, 0.25) is 0 Å².